The molecule has 0 aromatic carbocycles. The third kappa shape index (κ3) is 1.27. The van der Waals surface area contributed by atoms with Gasteiger partial charge in [0.25, 0.3) is 0 Å². The van der Waals surface area contributed by atoms with Gasteiger partial charge in [-0.2, -0.15) is 4.39 Å². The Morgan fingerprint density at radius 3 is 2.44 bits per heavy atom. The largest absolute Gasteiger partial charge is 0.212 e. The van der Waals surface area contributed by atoms with Gasteiger partial charge in [-0.05, 0) is 12.5 Å². The first kappa shape index (κ1) is 6.68. The van der Waals surface area contributed by atoms with Crippen LogP contribution < -0.4 is 0 Å². The van der Waals surface area contributed by atoms with Gasteiger partial charge in [0.05, 0.1) is 0 Å². The van der Waals surface area contributed by atoms with E-state index in [9.17, 15) is 8.78 Å². The molecular formula is C6H6F2S. The third-order valence-electron chi connectivity index (χ3n) is 1.04. The summed E-state index contributed by atoms with van der Waals surface area (Å²) in [6.07, 6.45) is 0.700. The fraction of sp³-hybridized carbons (Fsp3) is 0.333. The fourth-order valence-corrected chi connectivity index (χ4v) is 1.26. The first-order valence-corrected chi connectivity index (χ1v) is 3.49. The van der Waals surface area contributed by atoms with Crippen LogP contribution in [0.2, 0.25) is 0 Å². The van der Waals surface area contributed by atoms with E-state index in [0.29, 0.717) is 6.42 Å². The highest BCUT2D eigenvalue weighted by Crippen LogP contribution is 2.18. The maximum Gasteiger partial charge on any atom is 0.212 e. The van der Waals surface area contributed by atoms with E-state index in [1.54, 1.807) is 0 Å². The van der Waals surface area contributed by atoms with Crippen molar-refractivity contribution in [3.05, 3.63) is 21.9 Å². The Morgan fingerprint density at radius 1 is 1.56 bits per heavy atom. The van der Waals surface area contributed by atoms with Crippen molar-refractivity contribution in [2.75, 3.05) is 0 Å². The van der Waals surface area contributed by atoms with Crippen molar-refractivity contribution in [1.29, 1.82) is 0 Å². The second-order valence-electron chi connectivity index (χ2n) is 1.69. The van der Waals surface area contributed by atoms with Crippen LogP contribution in [0.25, 0.3) is 0 Å². The molecule has 0 aliphatic carbocycles. The van der Waals surface area contributed by atoms with E-state index in [-0.39, 0.29) is 0 Å². The van der Waals surface area contributed by atoms with Crippen molar-refractivity contribution in [1.82, 2.24) is 0 Å². The van der Waals surface area contributed by atoms with Gasteiger partial charge in [-0.1, -0.05) is 6.92 Å². The lowest BCUT2D eigenvalue weighted by Gasteiger charge is -1.78. The van der Waals surface area contributed by atoms with E-state index < -0.39 is 10.9 Å². The van der Waals surface area contributed by atoms with Crippen LogP contribution in [-0.4, -0.2) is 0 Å². The van der Waals surface area contributed by atoms with Gasteiger partial charge in [-0.15, -0.1) is 11.3 Å². The summed E-state index contributed by atoms with van der Waals surface area (Å²) in [7, 11) is 0. The van der Waals surface area contributed by atoms with E-state index >= 15 is 0 Å². The van der Waals surface area contributed by atoms with Crippen molar-refractivity contribution in [2.45, 2.75) is 13.3 Å². The van der Waals surface area contributed by atoms with Gasteiger partial charge in [0.2, 0.25) is 5.13 Å². The molecule has 0 bridgehead atoms. The van der Waals surface area contributed by atoms with Gasteiger partial charge < -0.3 is 0 Å². The lowest BCUT2D eigenvalue weighted by Crippen LogP contribution is -1.67. The maximum atomic E-state index is 12.2. The molecule has 0 spiro atoms. The van der Waals surface area contributed by atoms with E-state index in [4.69, 9.17) is 0 Å². The molecule has 0 unspecified atom stereocenters. The molecule has 3 heteroatoms. The van der Waals surface area contributed by atoms with E-state index in [1.165, 1.54) is 6.07 Å². The number of hydrogen-bond donors (Lipinski definition) is 0. The predicted octanol–water partition coefficient (Wildman–Crippen LogP) is 2.59. The Kier molecular flexibility index (Phi) is 1.81. The minimum absolute atomic E-state index is 0.700. The van der Waals surface area contributed by atoms with Crippen molar-refractivity contribution < 1.29 is 8.78 Å². The van der Waals surface area contributed by atoms with Crippen LogP contribution in [0, 0.1) is 10.9 Å². The molecule has 0 nitrogen and oxygen atoms in total. The SMILES string of the molecule is CCc1cc(F)c(F)s1. The second-order valence-corrected chi connectivity index (χ2v) is 2.77. The lowest BCUT2D eigenvalue weighted by molar-refractivity contribution is 0.530. The standard InChI is InChI=1S/C6H6F2S/c1-2-4-3-5(7)6(8)9-4/h3H,2H2,1H3. The molecule has 1 aromatic rings. The summed E-state index contributed by atoms with van der Waals surface area (Å²) in [5.74, 6) is -0.725. The number of halogens is 2. The molecular weight excluding hydrogens is 142 g/mol. The summed E-state index contributed by atoms with van der Waals surface area (Å²) in [4.78, 5) is 0.755. The maximum absolute atomic E-state index is 12.2. The molecule has 0 aliphatic rings. The summed E-state index contributed by atoms with van der Waals surface area (Å²) in [5.41, 5.74) is 0. The molecule has 0 amide bonds. The Bertz CT molecular complexity index is 185. The van der Waals surface area contributed by atoms with E-state index in [1.807, 2.05) is 6.92 Å². The summed E-state index contributed by atoms with van der Waals surface area (Å²) in [6, 6.07) is 1.24. The normalized spacial score (nSPS) is 10.1. The Hall–Kier alpha value is -0.440. The minimum atomic E-state index is -0.725. The molecule has 9 heavy (non-hydrogen) atoms. The summed E-state index contributed by atoms with van der Waals surface area (Å²) < 4.78 is 24.3. The van der Waals surface area contributed by atoms with Gasteiger partial charge in [0.1, 0.15) is 0 Å². The molecule has 1 rings (SSSR count). The average molecular weight is 148 g/mol. The van der Waals surface area contributed by atoms with Gasteiger partial charge in [-0.25, -0.2) is 4.39 Å². The molecule has 0 fully saturated rings. The van der Waals surface area contributed by atoms with Gasteiger partial charge >= 0.3 is 0 Å². The zero-order chi connectivity index (χ0) is 6.85. The van der Waals surface area contributed by atoms with Crippen LogP contribution in [0.5, 0.6) is 0 Å². The van der Waals surface area contributed by atoms with Gasteiger partial charge in [-0.3, -0.25) is 0 Å². The van der Waals surface area contributed by atoms with Crippen LogP contribution in [0.15, 0.2) is 6.07 Å². The van der Waals surface area contributed by atoms with Crippen LogP contribution in [-0.2, 0) is 6.42 Å². The number of rotatable bonds is 1. The number of aryl methyl sites for hydroxylation is 1. The molecule has 0 N–H and O–H groups in total. The summed E-state index contributed by atoms with van der Waals surface area (Å²) in [5, 5.41) is -0.702. The first-order valence-electron chi connectivity index (χ1n) is 2.67. The number of thiophene rings is 1. The average Bonchev–Trinajstić information content (AvgIpc) is 2.13. The second kappa shape index (κ2) is 2.43. The van der Waals surface area contributed by atoms with Crippen molar-refractivity contribution in [3.63, 3.8) is 0 Å². The van der Waals surface area contributed by atoms with Crippen LogP contribution >= 0.6 is 11.3 Å². The molecule has 50 valence electrons. The zero-order valence-corrected chi connectivity index (χ0v) is 5.77. The third-order valence-corrected chi connectivity index (χ3v) is 2.09. The van der Waals surface area contributed by atoms with Crippen molar-refractivity contribution in [3.8, 4) is 0 Å². The monoisotopic (exact) mass is 148 g/mol. The predicted molar refractivity (Wildman–Crippen MR) is 33.6 cm³/mol. The highest BCUT2D eigenvalue weighted by Gasteiger charge is 2.04. The molecule has 0 saturated heterocycles. The number of hydrogen-bond acceptors (Lipinski definition) is 1. The smallest absolute Gasteiger partial charge is 0.203 e. The van der Waals surface area contributed by atoms with Crippen LogP contribution in [0.4, 0.5) is 8.78 Å². The fourth-order valence-electron chi connectivity index (χ4n) is 0.566. The molecule has 0 saturated carbocycles. The Balaban J connectivity index is 2.98. The molecule has 0 atom stereocenters. The van der Waals surface area contributed by atoms with E-state index in [0.717, 1.165) is 16.2 Å². The minimum Gasteiger partial charge on any atom is -0.203 e. The summed E-state index contributed by atoms with van der Waals surface area (Å²) >= 11 is 0.873. The van der Waals surface area contributed by atoms with Crippen LogP contribution in [0.3, 0.4) is 0 Å². The highest BCUT2D eigenvalue weighted by molar-refractivity contribution is 7.10. The van der Waals surface area contributed by atoms with E-state index in [2.05, 4.69) is 0 Å². The highest BCUT2D eigenvalue weighted by atomic mass is 32.1. The van der Waals surface area contributed by atoms with Crippen molar-refractivity contribution in [2.24, 2.45) is 0 Å². The Morgan fingerprint density at radius 2 is 2.22 bits per heavy atom. The molecule has 1 heterocycles. The molecule has 0 radical (unpaired) electrons. The summed E-state index contributed by atoms with van der Waals surface area (Å²) in [6.45, 7) is 1.87. The molecule has 0 aliphatic heterocycles. The van der Waals surface area contributed by atoms with Gasteiger partial charge in [0.15, 0.2) is 5.82 Å². The first-order chi connectivity index (χ1) is 4.24. The molecule has 1 aromatic heterocycles. The zero-order valence-electron chi connectivity index (χ0n) is 4.95. The van der Waals surface area contributed by atoms with Crippen LogP contribution in [0.1, 0.15) is 11.8 Å². The Labute approximate surface area is 56.1 Å². The quantitative estimate of drug-likeness (QED) is 0.574. The van der Waals surface area contributed by atoms with Gasteiger partial charge in [0, 0.05) is 4.88 Å². The lowest BCUT2D eigenvalue weighted by atomic mass is 10.4. The topological polar surface area (TPSA) is 0 Å². The van der Waals surface area contributed by atoms with Crippen molar-refractivity contribution >= 4 is 11.3 Å².